The van der Waals surface area contributed by atoms with Gasteiger partial charge in [-0.15, -0.1) is 0 Å². The van der Waals surface area contributed by atoms with Gasteiger partial charge in [0.2, 0.25) is 0 Å². The van der Waals surface area contributed by atoms with Gasteiger partial charge >= 0.3 is 5.97 Å². The molecule has 0 saturated heterocycles. The summed E-state index contributed by atoms with van der Waals surface area (Å²) in [5.74, 6) is 4.19. The Hall–Kier alpha value is -0.530. The molecular weight excluding hydrogens is 296 g/mol. The Morgan fingerprint density at radius 2 is 1.50 bits per heavy atom. The van der Waals surface area contributed by atoms with E-state index in [0.717, 1.165) is 36.5 Å². The highest BCUT2D eigenvalue weighted by molar-refractivity contribution is 5.76. The molecule has 138 valence electrons. The van der Waals surface area contributed by atoms with Gasteiger partial charge in [0.15, 0.2) is 0 Å². The zero-order valence-electron chi connectivity index (χ0n) is 16.6. The molecule has 1 atom stereocenters. The molecule has 2 nitrogen and oxygen atoms in total. The maximum Gasteiger partial charge on any atom is 0.312 e. The molecule has 0 aromatic rings. The molecule has 4 rings (SSSR count). The molecule has 4 bridgehead atoms. The fraction of sp³-hybridized carbons (Fsp3) is 0.955. The predicted molar refractivity (Wildman–Crippen MR) is 98.6 cm³/mol. The van der Waals surface area contributed by atoms with Gasteiger partial charge in [-0.3, -0.25) is 4.79 Å². The second-order valence-corrected chi connectivity index (χ2v) is 10.00. The van der Waals surface area contributed by atoms with Gasteiger partial charge in [-0.25, -0.2) is 0 Å². The Balaban J connectivity index is 1.81. The molecule has 0 aliphatic heterocycles. The van der Waals surface area contributed by atoms with Crippen molar-refractivity contribution in [3.63, 3.8) is 0 Å². The fourth-order valence-electron chi connectivity index (χ4n) is 6.23. The first-order valence-electron chi connectivity index (χ1n) is 10.5. The zero-order valence-corrected chi connectivity index (χ0v) is 16.6. The van der Waals surface area contributed by atoms with Crippen molar-refractivity contribution < 1.29 is 9.53 Å². The van der Waals surface area contributed by atoms with Crippen LogP contribution in [0.4, 0.5) is 0 Å². The molecule has 0 aromatic heterocycles. The molecule has 0 aromatic carbocycles. The summed E-state index contributed by atoms with van der Waals surface area (Å²) in [6.45, 7) is 10.7. The molecule has 0 amide bonds. The Bertz CT molecular complexity index is 439. The summed E-state index contributed by atoms with van der Waals surface area (Å²) in [5.41, 5.74) is -0.610. The highest BCUT2D eigenvalue weighted by Crippen LogP contribution is 2.60. The third-order valence-corrected chi connectivity index (χ3v) is 7.72. The van der Waals surface area contributed by atoms with E-state index in [2.05, 4.69) is 20.8 Å². The second-order valence-electron chi connectivity index (χ2n) is 10.00. The van der Waals surface area contributed by atoms with Gasteiger partial charge in [0.1, 0.15) is 5.60 Å². The van der Waals surface area contributed by atoms with Crippen LogP contribution in [0.5, 0.6) is 0 Å². The van der Waals surface area contributed by atoms with Gasteiger partial charge < -0.3 is 4.74 Å². The molecular formula is C22H38O2. The first-order chi connectivity index (χ1) is 11.3. The van der Waals surface area contributed by atoms with Gasteiger partial charge in [0.05, 0.1) is 5.41 Å². The van der Waals surface area contributed by atoms with Crippen molar-refractivity contribution in [1.29, 1.82) is 0 Å². The van der Waals surface area contributed by atoms with Crippen molar-refractivity contribution in [2.75, 3.05) is 0 Å². The van der Waals surface area contributed by atoms with Crippen LogP contribution in [0.15, 0.2) is 0 Å². The lowest BCUT2D eigenvalue weighted by atomic mass is 9.48. The Morgan fingerprint density at radius 3 is 1.96 bits per heavy atom. The van der Waals surface area contributed by atoms with Crippen LogP contribution in [0, 0.1) is 35.0 Å². The Labute approximate surface area is 149 Å². The lowest BCUT2D eigenvalue weighted by Gasteiger charge is -2.59. The van der Waals surface area contributed by atoms with E-state index in [1.165, 1.54) is 44.9 Å². The lowest BCUT2D eigenvalue weighted by Crippen LogP contribution is -2.56. The van der Waals surface area contributed by atoms with Crippen LogP contribution < -0.4 is 0 Å². The van der Waals surface area contributed by atoms with E-state index < -0.39 is 0 Å². The van der Waals surface area contributed by atoms with E-state index in [-0.39, 0.29) is 17.0 Å². The van der Waals surface area contributed by atoms with Gasteiger partial charge in [-0.05, 0) is 95.8 Å². The van der Waals surface area contributed by atoms with Gasteiger partial charge in [0.25, 0.3) is 0 Å². The average molecular weight is 335 g/mol. The van der Waals surface area contributed by atoms with E-state index in [9.17, 15) is 4.79 Å². The summed E-state index contributed by atoms with van der Waals surface area (Å²) in [6, 6.07) is 0. The maximum absolute atomic E-state index is 12.9. The topological polar surface area (TPSA) is 26.3 Å². The monoisotopic (exact) mass is 334 g/mol. The third-order valence-electron chi connectivity index (χ3n) is 7.72. The molecule has 24 heavy (non-hydrogen) atoms. The molecule has 4 aliphatic rings. The first kappa shape index (κ1) is 18.3. The minimum absolute atomic E-state index is 0.0254. The van der Waals surface area contributed by atoms with Crippen LogP contribution >= 0.6 is 0 Å². The largest absolute Gasteiger partial charge is 0.459 e. The molecule has 0 spiro atoms. The minimum atomic E-state index is -0.362. The summed E-state index contributed by atoms with van der Waals surface area (Å²) in [4.78, 5) is 12.9. The SMILES string of the molecule is CCCCC(C)(OC(=O)C(C)(C)CC)C1C2CC3CC(C2)CC1C3. The second kappa shape index (κ2) is 6.65. The standard InChI is InChI=1S/C22H38O2/c1-6-8-9-22(5,24-20(23)21(3,4)7-2)19-17-11-15-10-16(13-17)14-18(19)12-15/h15-19H,6-14H2,1-5H3. The zero-order chi connectivity index (χ0) is 17.5. The van der Waals surface area contributed by atoms with E-state index in [1.54, 1.807) is 0 Å². The molecule has 0 radical (unpaired) electrons. The molecule has 0 N–H and O–H groups in total. The third kappa shape index (κ3) is 3.27. The molecule has 2 heteroatoms. The smallest absolute Gasteiger partial charge is 0.312 e. The highest BCUT2D eigenvalue weighted by Gasteiger charge is 2.55. The molecule has 0 heterocycles. The van der Waals surface area contributed by atoms with Crippen LogP contribution in [-0.2, 0) is 9.53 Å². The van der Waals surface area contributed by atoms with Gasteiger partial charge in [-0.2, -0.15) is 0 Å². The summed E-state index contributed by atoms with van der Waals surface area (Å²) >= 11 is 0. The lowest BCUT2D eigenvalue weighted by molar-refractivity contribution is -0.195. The number of carbonyl (C=O) groups is 1. The predicted octanol–water partition coefficient (Wildman–Crippen LogP) is 5.99. The average Bonchev–Trinajstić information content (AvgIpc) is 2.51. The number of rotatable bonds is 7. The van der Waals surface area contributed by atoms with Crippen molar-refractivity contribution >= 4 is 5.97 Å². The summed E-state index contributed by atoms with van der Waals surface area (Å²) < 4.78 is 6.38. The minimum Gasteiger partial charge on any atom is -0.459 e. The number of esters is 1. The van der Waals surface area contributed by atoms with E-state index in [4.69, 9.17) is 4.74 Å². The van der Waals surface area contributed by atoms with Crippen LogP contribution in [-0.4, -0.2) is 11.6 Å². The number of hydrogen-bond acceptors (Lipinski definition) is 2. The first-order valence-corrected chi connectivity index (χ1v) is 10.5. The molecule has 4 saturated carbocycles. The maximum atomic E-state index is 12.9. The quantitative estimate of drug-likeness (QED) is 0.535. The van der Waals surface area contributed by atoms with Crippen molar-refractivity contribution in [2.45, 2.75) is 98.0 Å². The van der Waals surface area contributed by atoms with Crippen LogP contribution in [0.25, 0.3) is 0 Å². The van der Waals surface area contributed by atoms with Gasteiger partial charge in [-0.1, -0.05) is 20.3 Å². The molecule has 1 unspecified atom stereocenters. The normalized spacial score (nSPS) is 37.3. The van der Waals surface area contributed by atoms with E-state index >= 15 is 0 Å². The molecule has 4 aliphatic carbocycles. The highest BCUT2D eigenvalue weighted by atomic mass is 16.6. The summed E-state index contributed by atoms with van der Waals surface area (Å²) in [5, 5.41) is 0. The van der Waals surface area contributed by atoms with Crippen molar-refractivity contribution in [1.82, 2.24) is 0 Å². The number of ether oxygens (including phenoxy) is 1. The molecule has 4 fully saturated rings. The van der Waals surface area contributed by atoms with Gasteiger partial charge in [0, 0.05) is 5.92 Å². The van der Waals surface area contributed by atoms with Crippen molar-refractivity contribution in [3.8, 4) is 0 Å². The summed E-state index contributed by atoms with van der Waals surface area (Å²) in [6.07, 6.45) is 11.3. The Morgan fingerprint density at radius 1 is 0.958 bits per heavy atom. The van der Waals surface area contributed by atoms with Crippen molar-refractivity contribution in [3.05, 3.63) is 0 Å². The Kier molecular flexibility index (Phi) is 5.06. The van der Waals surface area contributed by atoms with Crippen LogP contribution in [0.2, 0.25) is 0 Å². The van der Waals surface area contributed by atoms with E-state index in [1.807, 2.05) is 13.8 Å². The van der Waals surface area contributed by atoms with E-state index in [0.29, 0.717) is 5.92 Å². The fourth-order valence-corrected chi connectivity index (χ4v) is 6.23. The summed E-state index contributed by atoms with van der Waals surface area (Å²) in [7, 11) is 0. The number of carbonyl (C=O) groups excluding carboxylic acids is 1. The van der Waals surface area contributed by atoms with Crippen molar-refractivity contribution in [2.24, 2.45) is 35.0 Å². The number of hydrogen-bond donors (Lipinski definition) is 0. The number of unbranched alkanes of at least 4 members (excludes halogenated alkanes) is 1. The van der Waals surface area contributed by atoms with Crippen LogP contribution in [0.3, 0.4) is 0 Å². The van der Waals surface area contributed by atoms with Crippen LogP contribution in [0.1, 0.15) is 92.4 Å².